The Balaban J connectivity index is 1.75. The van der Waals surface area contributed by atoms with Gasteiger partial charge in [0.2, 0.25) is 0 Å². The fraction of sp³-hybridized carbons (Fsp3) is 0.167. The maximum absolute atomic E-state index is 12.6. The van der Waals surface area contributed by atoms with Crippen molar-refractivity contribution >= 4 is 37.9 Å². The zero-order valence-corrected chi connectivity index (χ0v) is 16.0. The number of nitrogens with zero attached hydrogens (tertiary/aromatic N) is 1. The molecule has 0 fully saturated rings. The number of ether oxygens (including phenoxy) is 1. The van der Waals surface area contributed by atoms with Crippen LogP contribution in [0.1, 0.15) is 12.6 Å². The van der Waals surface area contributed by atoms with Crippen LogP contribution in [-0.2, 0) is 10.0 Å². The molecule has 3 rings (SSSR count). The predicted octanol–water partition coefficient (Wildman–Crippen LogP) is 4.39. The molecule has 2 N–H and O–H groups in total. The van der Waals surface area contributed by atoms with Gasteiger partial charge in [-0.15, -0.1) is 11.3 Å². The number of hydrogen-bond donors (Lipinski definition) is 2. The Bertz CT molecular complexity index is 983. The minimum atomic E-state index is -3.68. The summed E-state index contributed by atoms with van der Waals surface area (Å²) >= 11 is 1.49. The largest absolute Gasteiger partial charge is 0.494 e. The Morgan fingerprint density at radius 2 is 1.85 bits per heavy atom. The molecule has 0 spiro atoms. The third-order valence-corrected chi connectivity index (χ3v) is 5.70. The lowest BCUT2D eigenvalue weighted by Gasteiger charge is -2.10. The number of aromatic nitrogens is 1. The van der Waals surface area contributed by atoms with Gasteiger partial charge in [-0.3, -0.25) is 4.72 Å². The van der Waals surface area contributed by atoms with E-state index in [1.165, 1.54) is 23.5 Å². The summed E-state index contributed by atoms with van der Waals surface area (Å²) < 4.78 is 33.1. The van der Waals surface area contributed by atoms with Crippen molar-refractivity contribution in [1.29, 1.82) is 0 Å². The van der Waals surface area contributed by atoms with Crippen molar-refractivity contribution < 1.29 is 13.2 Å². The van der Waals surface area contributed by atoms with Gasteiger partial charge < -0.3 is 10.1 Å². The summed E-state index contributed by atoms with van der Waals surface area (Å²) in [4.78, 5) is 4.51. The van der Waals surface area contributed by atoms with Crippen molar-refractivity contribution in [3.05, 3.63) is 59.6 Å². The highest BCUT2D eigenvalue weighted by molar-refractivity contribution is 7.92. The van der Waals surface area contributed by atoms with Crippen LogP contribution in [0, 0.1) is 6.92 Å². The van der Waals surface area contributed by atoms with Gasteiger partial charge in [0.1, 0.15) is 5.75 Å². The predicted molar refractivity (Wildman–Crippen MR) is 105 cm³/mol. The Labute approximate surface area is 156 Å². The van der Waals surface area contributed by atoms with E-state index in [2.05, 4.69) is 15.0 Å². The van der Waals surface area contributed by atoms with Crippen molar-refractivity contribution in [2.24, 2.45) is 0 Å². The summed E-state index contributed by atoms with van der Waals surface area (Å²) in [6.07, 6.45) is 0. The van der Waals surface area contributed by atoms with Gasteiger partial charge in [-0.1, -0.05) is 6.07 Å². The number of benzene rings is 2. The fourth-order valence-electron chi connectivity index (χ4n) is 2.29. The molecule has 0 saturated heterocycles. The maximum atomic E-state index is 12.6. The zero-order chi connectivity index (χ0) is 18.6. The van der Waals surface area contributed by atoms with Gasteiger partial charge in [0.05, 0.1) is 22.9 Å². The van der Waals surface area contributed by atoms with Crippen LogP contribution in [0.15, 0.2) is 58.8 Å². The van der Waals surface area contributed by atoms with E-state index in [-0.39, 0.29) is 4.90 Å². The van der Waals surface area contributed by atoms with Gasteiger partial charge in [0, 0.05) is 11.1 Å². The van der Waals surface area contributed by atoms with Gasteiger partial charge in [-0.2, -0.15) is 0 Å². The van der Waals surface area contributed by atoms with Crippen LogP contribution in [-0.4, -0.2) is 20.0 Å². The van der Waals surface area contributed by atoms with Gasteiger partial charge >= 0.3 is 0 Å². The molecule has 0 bridgehead atoms. The number of anilines is 3. The summed E-state index contributed by atoms with van der Waals surface area (Å²) in [5.74, 6) is 0.636. The summed E-state index contributed by atoms with van der Waals surface area (Å²) in [7, 11) is -3.68. The first-order valence-corrected chi connectivity index (χ1v) is 10.4. The molecule has 3 aromatic rings. The third-order valence-electron chi connectivity index (χ3n) is 3.43. The highest BCUT2D eigenvalue weighted by atomic mass is 32.2. The summed E-state index contributed by atoms with van der Waals surface area (Å²) in [6, 6.07) is 13.4. The number of rotatable bonds is 7. The Morgan fingerprint density at radius 1 is 1.12 bits per heavy atom. The van der Waals surface area contributed by atoms with Gasteiger partial charge in [0.15, 0.2) is 5.13 Å². The minimum absolute atomic E-state index is 0.176. The number of nitrogens with one attached hydrogen (secondary N) is 2. The quantitative estimate of drug-likeness (QED) is 0.626. The molecule has 8 heteroatoms. The lowest BCUT2D eigenvalue weighted by Crippen LogP contribution is -2.13. The molecular weight excluding hydrogens is 370 g/mol. The molecule has 1 heterocycles. The minimum Gasteiger partial charge on any atom is -0.494 e. The number of thiazole rings is 1. The Hall–Kier alpha value is -2.58. The molecule has 0 aliphatic heterocycles. The summed E-state index contributed by atoms with van der Waals surface area (Å²) in [6.45, 7) is 4.33. The van der Waals surface area contributed by atoms with Crippen molar-refractivity contribution in [2.75, 3.05) is 16.6 Å². The Kier molecular flexibility index (Phi) is 5.43. The molecule has 136 valence electrons. The molecule has 0 aliphatic carbocycles. The normalized spacial score (nSPS) is 11.2. The Morgan fingerprint density at radius 3 is 2.50 bits per heavy atom. The summed E-state index contributed by atoms with van der Waals surface area (Å²) in [5, 5.41) is 5.87. The molecule has 0 aliphatic rings. The molecule has 0 atom stereocenters. The van der Waals surface area contributed by atoms with E-state index in [1.54, 1.807) is 30.3 Å². The fourth-order valence-corrected chi connectivity index (χ4v) is 4.05. The van der Waals surface area contributed by atoms with Crippen LogP contribution in [0.5, 0.6) is 5.75 Å². The van der Waals surface area contributed by atoms with Crippen molar-refractivity contribution in [3.63, 3.8) is 0 Å². The van der Waals surface area contributed by atoms with Gasteiger partial charge in [-0.25, -0.2) is 13.4 Å². The van der Waals surface area contributed by atoms with Crippen LogP contribution >= 0.6 is 11.3 Å². The van der Waals surface area contributed by atoms with Crippen LogP contribution in [0.4, 0.5) is 16.5 Å². The zero-order valence-electron chi connectivity index (χ0n) is 14.4. The lowest BCUT2D eigenvalue weighted by molar-refractivity contribution is 0.340. The highest BCUT2D eigenvalue weighted by Gasteiger charge is 2.14. The average molecular weight is 390 g/mol. The molecule has 6 nitrogen and oxygen atoms in total. The number of hydrogen-bond acceptors (Lipinski definition) is 6. The molecule has 1 aromatic heterocycles. The third kappa shape index (κ3) is 4.53. The number of aryl methyl sites for hydroxylation is 1. The van der Waals surface area contributed by atoms with Crippen LogP contribution in [0.3, 0.4) is 0 Å². The van der Waals surface area contributed by atoms with Crippen molar-refractivity contribution in [2.45, 2.75) is 18.7 Å². The van der Waals surface area contributed by atoms with E-state index >= 15 is 0 Å². The summed E-state index contributed by atoms with van der Waals surface area (Å²) in [5.41, 5.74) is 2.16. The van der Waals surface area contributed by atoms with Crippen LogP contribution in [0.25, 0.3) is 0 Å². The van der Waals surface area contributed by atoms with E-state index < -0.39 is 10.0 Å². The van der Waals surface area contributed by atoms with Crippen LogP contribution < -0.4 is 14.8 Å². The second-order valence-corrected chi connectivity index (χ2v) is 8.05. The van der Waals surface area contributed by atoms with E-state index in [9.17, 15) is 8.42 Å². The van der Waals surface area contributed by atoms with Crippen molar-refractivity contribution in [1.82, 2.24) is 4.98 Å². The van der Waals surface area contributed by atoms with E-state index in [1.807, 2.05) is 25.3 Å². The second kappa shape index (κ2) is 7.76. The van der Waals surface area contributed by atoms with Gasteiger partial charge in [-0.05, 0) is 56.3 Å². The van der Waals surface area contributed by atoms with E-state index in [4.69, 9.17) is 4.74 Å². The SMILES string of the molecule is CCOc1ccc(S(=O)(=O)Nc2cccc(Nc3nc(C)cs3)c2)cc1. The molecule has 0 radical (unpaired) electrons. The van der Waals surface area contributed by atoms with E-state index in [0.29, 0.717) is 18.0 Å². The molecular formula is C18H19N3O3S2. The monoisotopic (exact) mass is 389 g/mol. The topological polar surface area (TPSA) is 80.3 Å². The molecule has 0 unspecified atom stereocenters. The molecule has 2 aromatic carbocycles. The molecule has 26 heavy (non-hydrogen) atoms. The molecule has 0 amide bonds. The van der Waals surface area contributed by atoms with Crippen molar-refractivity contribution in [3.8, 4) is 5.75 Å². The van der Waals surface area contributed by atoms with Gasteiger partial charge in [0.25, 0.3) is 10.0 Å². The number of sulfonamides is 1. The first-order chi connectivity index (χ1) is 12.5. The van der Waals surface area contributed by atoms with Crippen LogP contribution in [0.2, 0.25) is 0 Å². The molecule has 0 saturated carbocycles. The first-order valence-electron chi connectivity index (χ1n) is 8.01. The van der Waals surface area contributed by atoms with E-state index in [0.717, 1.165) is 16.5 Å². The highest BCUT2D eigenvalue weighted by Crippen LogP contribution is 2.25. The first kappa shape index (κ1) is 18.2. The second-order valence-electron chi connectivity index (χ2n) is 5.51. The standard InChI is InChI=1S/C18H19N3O3S2/c1-3-24-16-7-9-17(10-8-16)26(22,23)21-15-6-4-5-14(11-15)20-18-19-13(2)12-25-18/h4-12,21H,3H2,1-2H3,(H,19,20). The maximum Gasteiger partial charge on any atom is 0.261 e. The lowest BCUT2D eigenvalue weighted by atomic mass is 10.3. The smallest absolute Gasteiger partial charge is 0.261 e. The average Bonchev–Trinajstić information content (AvgIpc) is 3.00.